The Morgan fingerprint density at radius 3 is 1.82 bits per heavy atom. The molecule has 0 aliphatic heterocycles. The second-order valence-electron chi connectivity index (χ2n) is 8.41. The molecular formula is C26H33ClO7. The molecule has 34 heavy (non-hydrogen) atoms. The number of benzene rings is 2. The highest BCUT2D eigenvalue weighted by molar-refractivity contribution is 6.18. The number of alkyl halides is 1. The van der Waals surface area contributed by atoms with E-state index >= 15 is 0 Å². The van der Waals surface area contributed by atoms with Gasteiger partial charge in [0.25, 0.3) is 0 Å². The summed E-state index contributed by atoms with van der Waals surface area (Å²) in [6.07, 6.45) is -1.76. The second-order valence-corrected chi connectivity index (χ2v) is 8.72. The Morgan fingerprint density at radius 1 is 0.882 bits per heavy atom. The van der Waals surface area contributed by atoms with Crippen LogP contribution in [0.2, 0.25) is 0 Å². The summed E-state index contributed by atoms with van der Waals surface area (Å²) >= 11 is 5.82. The zero-order valence-electron chi connectivity index (χ0n) is 20.5. The predicted molar refractivity (Wildman–Crippen MR) is 129 cm³/mol. The Bertz CT molecular complexity index is 925. The highest BCUT2D eigenvalue weighted by Crippen LogP contribution is 2.33. The molecule has 2 rings (SSSR count). The van der Waals surface area contributed by atoms with Crippen LogP contribution in [0.25, 0.3) is 0 Å². The highest BCUT2D eigenvalue weighted by atomic mass is 35.5. The van der Waals surface area contributed by atoms with Gasteiger partial charge in [0, 0.05) is 26.4 Å². The number of ether oxygens (including phenoxy) is 5. The Hall–Kier alpha value is -2.77. The fourth-order valence-corrected chi connectivity index (χ4v) is 3.56. The first-order valence-electron chi connectivity index (χ1n) is 11.0. The third-order valence-corrected chi connectivity index (χ3v) is 5.66. The minimum Gasteiger partial charge on any atom is -0.490 e. The van der Waals surface area contributed by atoms with Gasteiger partial charge >= 0.3 is 11.9 Å². The molecule has 0 heterocycles. The molecule has 0 saturated carbocycles. The van der Waals surface area contributed by atoms with Crippen molar-refractivity contribution in [2.45, 2.75) is 58.5 Å². The molecule has 0 aliphatic carbocycles. The van der Waals surface area contributed by atoms with E-state index in [0.29, 0.717) is 11.5 Å². The maximum atomic E-state index is 11.2. The zero-order chi connectivity index (χ0) is 25.3. The van der Waals surface area contributed by atoms with Crippen LogP contribution in [0.3, 0.4) is 0 Å². The number of halogens is 1. The number of methoxy groups -OCH3 is 1. The average Bonchev–Trinajstić information content (AvgIpc) is 2.80. The summed E-state index contributed by atoms with van der Waals surface area (Å²) in [6, 6.07) is 15.5. The topological polar surface area (TPSA) is 80.3 Å². The first-order valence-corrected chi connectivity index (χ1v) is 11.5. The van der Waals surface area contributed by atoms with Crippen LogP contribution in [0.4, 0.5) is 0 Å². The smallest absolute Gasteiger partial charge is 0.303 e. The molecule has 0 spiro atoms. The van der Waals surface area contributed by atoms with Gasteiger partial charge in [0.1, 0.15) is 24.2 Å². The van der Waals surface area contributed by atoms with Gasteiger partial charge in [0.05, 0.1) is 5.88 Å². The third kappa shape index (κ3) is 7.92. The maximum absolute atomic E-state index is 11.2. The third-order valence-electron chi connectivity index (χ3n) is 5.31. The van der Waals surface area contributed by atoms with Crippen molar-refractivity contribution in [3.63, 3.8) is 0 Å². The number of rotatable bonds is 12. The molecule has 0 radical (unpaired) electrons. The van der Waals surface area contributed by atoms with Crippen LogP contribution in [0.15, 0.2) is 48.5 Å². The van der Waals surface area contributed by atoms with Crippen LogP contribution in [0.5, 0.6) is 11.5 Å². The van der Waals surface area contributed by atoms with Crippen LogP contribution in [-0.4, -0.2) is 50.0 Å². The predicted octanol–water partition coefficient (Wildman–Crippen LogP) is 4.86. The monoisotopic (exact) mass is 492 g/mol. The van der Waals surface area contributed by atoms with E-state index in [9.17, 15) is 9.59 Å². The van der Waals surface area contributed by atoms with E-state index in [2.05, 4.69) is 13.8 Å². The number of hydrogen-bond acceptors (Lipinski definition) is 7. The van der Waals surface area contributed by atoms with Gasteiger partial charge in [0.15, 0.2) is 6.10 Å². The van der Waals surface area contributed by atoms with E-state index in [0.717, 1.165) is 11.1 Å². The summed E-state index contributed by atoms with van der Waals surface area (Å²) in [5.74, 6) is 0.654. The van der Waals surface area contributed by atoms with E-state index in [-0.39, 0.29) is 23.9 Å². The lowest BCUT2D eigenvalue weighted by molar-refractivity contribution is -0.170. The zero-order valence-corrected chi connectivity index (χ0v) is 21.3. The van der Waals surface area contributed by atoms with E-state index in [4.69, 9.17) is 35.3 Å². The summed E-state index contributed by atoms with van der Waals surface area (Å²) in [7, 11) is 1.50. The lowest BCUT2D eigenvalue weighted by Crippen LogP contribution is -2.34. The molecular weight excluding hydrogens is 460 g/mol. The molecule has 0 N–H and O–H groups in total. The second kappa shape index (κ2) is 12.6. The Balaban J connectivity index is 2.05. The van der Waals surface area contributed by atoms with Gasteiger partial charge in [-0.15, -0.1) is 11.6 Å². The molecule has 0 saturated heterocycles. The van der Waals surface area contributed by atoms with Crippen molar-refractivity contribution >= 4 is 23.5 Å². The quantitative estimate of drug-likeness (QED) is 0.237. The van der Waals surface area contributed by atoms with E-state index in [1.165, 1.54) is 21.0 Å². The molecule has 2 aromatic rings. The van der Waals surface area contributed by atoms with Gasteiger partial charge in [-0.3, -0.25) is 9.59 Å². The molecule has 7 nitrogen and oxygen atoms in total. The Labute approximate surface area is 206 Å². The minimum absolute atomic E-state index is 0.165. The molecule has 3 atom stereocenters. The maximum Gasteiger partial charge on any atom is 0.303 e. The van der Waals surface area contributed by atoms with Gasteiger partial charge in [0.2, 0.25) is 6.29 Å². The molecule has 0 amide bonds. The summed E-state index contributed by atoms with van der Waals surface area (Å²) in [4.78, 5) is 22.3. The van der Waals surface area contributed by atoms with Gasteiger partial charge < -0.3 is 23.7 Å². The first kappa shape index (κ1) is 27.5. The Morgan fingerprint density at radius 2 is 1.38 bits per heavy atom. The van der Waals surface area contributed by atoms with Crippen molar-refractivity contribution in [1.29, 1.82) is 0 Å². The number of hydrogen-bond donors (Lipinski definition) is 0. The fourth-order valence-electron chi connectivity index (χ4n) is 3.41. The summed E-state index contributed by atoms with van der Waals surface area (Å²) in [6.45, 7) is 8.85. The summed E-state index contributed by atoms with van der Waals surface area (Å²) in [5, 5.41) is 0. The lowest BCUT2D eigenvalue weighted by Gasteiger charge is -2.27. The van der Waals surface area contributed by atoms with E-state index in [1.54, 1.807) is 6.92 Å². The van der Waals surface area contributed by atoms with E-state index < -0.39 is 24.5 Å². The van der Waals surface area contributed by atoms with Crippen molar-refractivity contribution in [3.8, 4) is 11.5 Å². The lowest BCUT2D eigenvalue weighted by atomic mass is 9.78. The number of carbonyl (C=O) groups excluding carboxylic acids is 2. The molecule has 0 aliphatic rings. The molecule has 0 bridgehead atoms. The normalized spacial score (nSPS) is 14.0. The molecule has 186 valence electrons. The van der Waals surface area contributed by atoms with Crippen LogP contribution < -0.4 is 9.47 Å². The molecule has 1 unspecified atom stereocenters. The van der Waals surface area contributed by atoms with Crippen LogP contribution in [0, 0.1) is 0 Å². The highest BCUT2D eigenvalue weighted by Gasteiger charge is 2.25. The SMILES string of the molecule is CO[C@@H](Oc1ccc(C(C)(C)c2ccc(OC[C@@H](CCl)OC(C)=O)cc2)cc1)C(C)OC(C)=O. The summed E-state index contributed by atoms with van der Waals surface area (Å²) < 4.78 is 27.1. The Kier molecular flexibility index (Phi) is 10.2. The standard InChI is InChI=1S/C26H33ClO7/c1-17(32-18(2)28)25(30-6)34-23-13-9-21(10-14-23)26(4,5)20-7-11-22(12-8-20)31-16-24(15-27)33-19(3)29/h7-14,17,24-25H,15-16H2,1-6H3/t17?,24-,25+/m1/s1. The number of esters is 2. The van der Waals surface area contributed by atoms with Gasteiger partial charge in [-0.2, -0.15) is 0 Å². The fraction of sp³-hybridized carbons (Fsp3) is 0.462. The van der Waals surface area contributed by atoms with Gasteiger partial charge in [-0.25, -0.2) is 0 Å². The molecule has 8 heteroatoms. The van der Waals surface area contributed by atoms with Crippen molar-refractivity contribution in [3.05, 3.63) is 59.7 Å². The first-order chi connectivity index (χ1) is 16.1. The van der Waals surface area contributed by atoms with Crippen molar-refractivity contribution in [2.24, 2.45) is 0 Å². The number of carbonyl (C=O) groups is 2. The largest absolute Gasteiger partial charge is 0.490 e. The minimum atomic E-state index is -0.713. The van der Waals surface area contributed by atoms with E-state index in [1.807, 2.05) is 48.5 Å². The summed E-state index contributed by atoms with van der Waals surface area (Å²) in [5.41, 5.74) is 1.91. The van der Waals surface area contributed by atoms with Crippen LogP contribution in [0.1, 0.15) is 45.7 Å². The average molecular weight is 493 g/mol. The van der Waals surface area contributed by atoms with Crippen molar-refractivity contribution in [2.75, 3.05) is 19.6 Å². The van der Waals surface area contributed by atoms with Crippen LogP contribution >= 0.6 is 11.6 Å². The van der Waals surface area contributed by atoms with Crippen molar-refractivity contribution < 1.29 is 33.3 Å². The molecule has 0 fully saturated rings. The van der Waals surface area contributed by atoms with Gasteiger partial charge in [-0.05, 0) is 42.3 Å². The molecule has 0 aromatic heterocycles. The molecule has 2 aromatic carbocycles. The van der Waals surface area contributed by atoms with Crippen molar-refractivity contribution in [1.82, 2.24) is 0 Å². The van der Waals surface area contributed by atoms with Crippen LogP contribution in [-0.2, 0) is 29.2 Å². The van der Waals surface area contributed by atoms with Gasteiger partial charge in [-0.1, -0.05) is 38.1 Å².